The fourth-order valence-corrected chi connectivity index (χ4v) is 3.60. The molecule has 0 saturated carbocycles. The van der Waals surface area contributed by atoms with Crippen molar-refractivity contribution in [1.82, 2.24) is 5.32 Å². The number of carbonyl (C=O) groups is 1. The van der Waals surface area contributed by atoms with Crippen LogP contribution < -0.4 is 15.0 Å². The van der Waals surface area contributed by atoms with E-state index in [0.717, 1.165) is 55.3 Å². The predicted octanol–water partition coefficient (Wildman–Crippen LogP) is 1.76. The van der Waals surface area contributed by atoms with Crippen LogP contribution in [0.3, 0.4) is 0 Å². The number of hydrogen-bond acceptors (Lipinski definition) is 3. The summed E-state index contributed by atoms with van der Waals surface area (Å²) in [5.41, 5.74) is 4.43. The average Bonchev–Trinajstić information content (AvgIpc) is 2.68. The lowest BCUT2D eigenvalue weighted by molar-refractivity contribution is -0.909. The van der Waals surface area contributed by atoms with Gasteiger partial charge in [0, 0.05) is 0 Å². The van der Waals surface area contributed by atoms with Crippen molar-refractivity contribution in [2.75, 3.05) is 39.5 Å². The van der Waals surface area contributed by atoms with Crippen molar-refractivity contribution in [1.29, 1.82) is 0 Å². The quantitative estimate of drug-likeness (QED) is 0.766. The Morgan fingerprint density at radius 3 is 2.36 bits per heavy atom. The summed E-state index contributed by atoms with van der Waals surface area (Å²) in [5.74, 6) is 0.698. The average molecular weight is 384 g/mol. The van der Waals surface area contributed by atoms with Crippen LogP contribution in [-0.2, 0) is 9.53 Å². The van der Waals surface area contributed by atoms with E-state index >= 15 is 0 Å². The van der Waals surface area contributed by atoms with Crippen LogP contribution in [0.15, 0.2) is 42.5 Å². The molecule has 0 spiro atoms. The smallest absolute Gasteiger partial charge is 0.258 e. The van der Waals surface area contributed by atoms with Crippen molar-refractivity contribution < 1.29 is 19.2 Å². The maximum atomic E-state index is 12.7. The molecule has 2 aromatic carbocycles. The largest absolute Gasteiger partial charge is 0.483 e. The molecule has 0 bridgehead atoms. The van der Waals surface area contributed by atoms with Gasteiger partial charge in [-0.25, -0.2) is 0 Å². The van der Waals surface area contributed by atoms with E-state index in [-0.39, 0.29) is 18.6 Å². The summed E-state index contributed by atoms with van der Waals surface area (Å²) in [4.78, 5) is 14.1. The summed E-state index contributed by atoms with van der Waals surface area (Å²) in [5, 5.41) is 3.18. The summed E-state index contributed by atoms with van der Waals surface area (Å²) < 4.78 is 11.3. The monoisotopic (exact) mass is 383 g/mol. The summed E-state index contributed by atoms with van der Waals surface area (Å²) in [6.45, 7) is 10.4. The van der Waals surface area contributed by atoms with Gasteiger partial charge < -0.3 is 19.7 Å². The number of para-hydroxylation sites is 1. The SMILES string of the molecule is Cc1ccc([C@H](C[NH+]2CCOCC2)NC(=O)COc2c(C)cccc2C)cc1. The van der Waals surface area contributed by atoms with E-state index in [4.69, 9.17) is 9.47 Å². The molecular formula is C23H31N2O3+. The van der Waals surface area contributed by atoms with Crippen molar-refractivity contribution in [3.63, 3.8) is 0 Å². The Morgan fingerprint density at radius 2 is 1.71 bits per heavy atom. The lowest BCUT2D eigenvalue weighted by Crippen LogP contribution is -3.14. The van der Waals surface area contributed by atoms with Gasteiger partial charge in [-0.3, -0.25) is 4.79 Å². The van der Waals surface area contributed by atoms with Gasteiger partial charge in [0.1, 0.15) is 31.4 Å². The number of rotatable bonds is 7. The molecule has 0 unspecified atom stereocenters. The highest BCUT2D eigenvalue weighted by molar-refractivity contribution is 5.78. The maximum Gasteiger partial charge on any atom is 0.258 e. The van der Waals surface area contributed by atoms with Crippen LogP contribution in [0.5, 0.6) is 5.75 Å². The summed E-state index contributed by atoms with van der Waals surface area (Å²) in [6.07, 6.45) is 0. The molecule has 5 nitrogen and oxygen atoms in total. The van der Waals surface area contributed by atoms with Crippen LogP contribution in [0, 0.1) is 20.8 Å². The molecule has 1 amide bonds. The molecule has 1 fully saturated rings. The summed E-state index contributed by atoms with van der Waals surface area (Å²) in [6, 6.07) is 14.3. The third-order valence-electron chi connectivity index (χ3n) is 5.26. The van der Waals surface area contributed by atoms with Gasteiger partial charge in [0.2, 0.25) is 0 Å². The Kier molecular flexibility index (Phi) is 7.06. The number of carbonyl (C=O) groups excluding carboxylic acids is 1. The number of quaternary nitrogens is 1. The first-order valence-corrected chi connectivity index (χ1v) is 9.99. The first-order valence-electron chi connectivity index (χ1n) is 9.99. The van der Waals surface area contributed by atoms with Crippen molar-refractivity contribution in [2.45, 2.75) is 26.8 Å². The molecule has 1 heterocycles. The Hall–Kier alpha value is -2.37. The van der Waals surface area contributed by atoms with Gasteiger partial charge in [-0.05, 0) is 37.5 Å². The highest BCUT2D eigenvalue weighted by atomic mass is 16.5. The molecule has 0 aromatic heterocycles. The number of benzene rings is 2. The van der Waals surface area contributed by atoms with Crippen molar-refractivity contribution in [3.8, 4) is 5.75 Å². The molecular weight excluding hydrogens is 352 g/mol. The van der Waals surface area contributed by atoms with Gasteiger partial charge in [0.15, 0.2) is 6.61 Å². The summed E-state index contributed by atoms with van der Waals surface area (Å²) >= 11 is 0. The fourth-order valence-electron chi connectivity index (χ4n) is 3.60. The number of hydrogen-bond donors (Lipinski definition) is 2. The molecule has 0 aliphatic carbocycles. The van der Waals surface area contributed by atoms with E-state index in [1.54, 1.807) is 0 Å². The highest BCUT2D eigenvalue weighted by Crippen LogP contribution is 2.22. The topological polar surface area (TPSA) is 52.0 Å². The number of aryl methyl sites for hydroxylation is 3. The van der Waals surface area contributed by atoms with Crippen molar-refractivity contribution in [3.05, 3.63) is 64.7 Å². The minimum atomic E-state index is -0.0964. The van der Waals surface area contributed by atoms with Gasteiger partial charge in [-0.1, -0.05) is 48.0 Å². The molecule has 1 aliphatic rings. The first-order chi connectivity index (χ1) is 13.5. The van der Waals surface area contributed by atoms with Gasteiger partial charge in [0.05, 0.1) is 13.2 Å². The number of morpholine rings is 1. The van der Waals surface area contributed by atoms with E-state index in [1.807, 2.05) is 32.0 Å². The van der Waals surface area contributed by atoms with E-state index < -0.39 is 0 Å². The third-order valence-corrected chi connectivity index (χ3v) is 5.26. The Bertz CT molecular complexity index is 763. The van der Waals surface area contributed by atoms with Crippen molar-refractivity contribution >= 4 is 5.91 Å². The van der Waals surface area contributed by atoms with Crippen LogP contribution in [0.1, 0.15) is 28.3 Å². The Balaban J connectivity index is 1.65. The Morgan fingerprint density at radius 1 is 1.07 bits per heavy atom. The second kappa shape index (κ2) is 9.71. The van der Waals surface area contributed by atoms with Gasteiger partial charge in [-0.2, -0.15) is 0 Å². The number of nitrogens with one attached hydrogen (secondary N) is 2. The minimum Gasteiger partial charge on any atom is -0.483 e. The second-order valence-electron chi connectivity index (χ2n) is 7.61. The summed E-state index contributed by atoms with van der Waals surface area (Å²) in [7, 11) is 0. The normalized spacial score (nSPS) is 15.8. The zero-order valence-corrected chi connectivity index (χ0v) is 17.1. The fraction of sp³-hybridized carbons (Fsp3) is 0.435. The molecule has 1 saturated heterocycles. The van der Waals surface area contributed by atoms with E-state index in [2.05, 4.69) is 36.5 Å². The molecule has 150 valence electrons. The number of amides is 1. The predicted molar refractivity (Wildman–Crippen MR) is 110 cm³/mol. The molecule has 1 aliphatic heterocycles. The molecule has 2 aromatic rings. The molecule has 3 rings (SSSR count). The van der Waals surface area contributed by atoms with Crippen LogP contribution in [0.2, 0.25) is 0 Å². The third kappa shape index (κ3) is 5.57. The lowest BCUT2D eigenvalue weighted by Gasteiger charge is -2.28. The lowest BCUT2D eigenvalue weighted by atomic mass is 10.0. The van der Waals surface area contributed by atoms with E-state index in [0.29, 0.717) is 0 Å². The van der Waals surface area contributed by atoms with Crippen LogP contribution >= 0.6 is 0 Å². The van der Waals surface area contributed by atoms with E-state index in [9.17, 15) is 4.79 Å². The molecule has 2 N–H and O–H groups in total. The van der Waals surface area contributed by atoms with Gasteiger partial charge >= 0.3 is 0 Å². The minimum absolute atomic E-state index is 0.0203. The van der Waals surface area contributed by atoms with Gasteiger partial charge in [-0.15, -0.1) is 0 Å². The standard InChI is InChI=1S/C23H30N2O3/c1-17-7-9-20(10-8-17)21(15-25-11-13-27-14-12-25)24-22(26)16-28-23-18(2)5-4-6-19(23)3/h4-10,21H,11-16H2,1-3H3,(H,24,26)/p+1/t21-/m0/s1. The van der Waals surface area contributed by atoms with Crippen LogP contribution in [0.4, 0.5) is 0 Å². The highest BCUT2D eigenvalue weighted by Gasteiger charge is 2.23. The zero-order chi connectivity index (χ0) is 19.9. The van der Waals surface area contributed by atoms with Crippen LogP contribution in [0.25, 0.3) is 0 Å². The number of ether oxygens (including phenoxy) is 2. The second-order valence-corrected chi connectivity index (χ2v) is 7.61. The molecule has 1 atom stereocenters. The molecule has 0 radical (unpaired) electrons. The van der Waals surface area contributed by atoms with Crippen molar-refractivity contribution in [2.24, 2.45) is 0 Å². The maximum absolute atomic E-state index is 12.7. The zero-order valence-electron chi connectivity index (χ0n) is 17.1. The first kappa shape index (κ1) is 20.4. The van der Waals surface area contributed by atoms with Crippen LogP contribution in [-0.4, -0.2) is 45.4 Å². The molecule has 5 heteroatoms. The van der Waals surface area contributed by atoms with E-state index in [1.165, 1.54) is 10.5 Å². The Labute approximate surface area is 167 Å². The molecule has 28 heavy (non-hydrogen) atoms. The van der Waals surface area contributed by atoms with Gasteiger partial charge in [0.25, 0.3) is 5.91 Å².